The second-order valence-corrected chi connectivity index (χ2v) is 8.74. The number of nitrogens with zero attached hydrogens (tertiary/aromatic N) is 2. The van der Waals surface area contributed by atoms with Gasteiger partial charge in [-0.15, -0.1) is 0 Å². The second-order valence-electron chi connectivity index (χ2n) is 8.74. The van der Waals surface area contributed by atoms with Crippen LogP contribution in [0, 0.1) is 0 Å². The number of hydrogen-bond acceptors (Lipinski definition) is 0. The fraction of sp³-hybridized carbons (Fsp3) is 0.0625. The summed E-state index contributed by atoms with van der Waals surface area (Å²) >= 11 is 0. The van der Waals surface area contributed by atoms with E-state index in [1.807, 2.05) is 0 Å². The molecular weight excluding hydrogens is 412 g/mol. The topological polar surface area (TPSA) is 9.86 Å². The van der Waals surface area contributed by atoms with Gasteiger partial charge in [0, 0.05) is 47.0 Å². The molecule has 0 N–H and O–H groups in total. The van der Waals surface area contributed by atoms with Gasteiger partial charge in [-0.25, -0.2) is 0 Å². The first-order valence-corrected chi connectivity index (χ1v) is 11.7. The summed E-state index contributed by atoms with van der Waals surface area (Å²) in [5, 5.41) is 5.08. The summed E-state index contributed by atoms with van der Waals surface area (Å²) in [5.41, 5.74) is 7.38. The normalized spacial score (nSPS) is 11.7. The molecule has 0 radical (unpaired) electrons. The van der Waals surface area contributed by atoms with E-state index in [2.05, 4.69) is 145 Å². The van der Waals surface area contributed by atoms with Gasteiger partial charge < -0.3 is 9.13 Å². The van der Waals surface area contributed by atoms with Crippen LogP contribution in [-0.4, -0.2) is 9.13 Å². The predicted octanol–water partition coefficient (Wildman–Crippen LogP) is 8.17. The van der Waals surface area contributed by atoms with E-state index in [0.29, 0.717) is 0 Å². The molecule has 0 saturated heterocycles. The minimum atomic E-state index is 1.21. The maximum atomic E-state index is 2.32. The third-order valence-corrected chi connectivity index (χ3v) is 6.80. The highest BCUT2D eigenvalue weighted by Gasteiger charge is 2.16. The van der Waals surface area contributed by atoms with Crippen LogP contribution < -0.4 is 0 Å². The van der Waals surface area contributed by atoms with Crippen molar-refractivity contribution in [2.75, 3.05) is 0 Å². The van der Waals surface area contributed by atoms with Crippen molar-refractivity contribution in [3.63, 3.8) is 0 Å². The summed E-state index contributed by atoms with van der Waals surface area (Å²) in [6.07, 6.45) is 4.54. The van der Waals surface area contributed by atoms with E-state index in [0.717, 1.165) is 0 Å². The van der Waals surface area contributed by atoms with E-state index < -0.39 is 0 Å². The minimum absolute atomic E-state index is 1.21. The third-order valence-electron chi connectivity index (χ3n) is 6.80. The Kier molecular flexibility index (Phi) is 4.92. The van der Waals surface area contributed by atoms with Crippen molar-refractivity contribution in [2.45, 2.75) is 0 Å². The number of rotatable bonds is 4. The minimum Gasteiger partial charge on any atom is -0.343 e. The first kappa shape index (κ1) is 20.3. The van der Waals surface area contributed by atoms with Crippen LogP contribution in [0.1, 0.15) is 11.4 Å². The monoisotopic (exact) mass is 438 g/mol. The molecule has 0 atom stereocenters. The van der Waals surface area contributed by atoms with Crippen LogP contribution in [0.3, 0.4) is 0 Å². The molecule has 0 fully saturated rings. The van der Waals surface area contributed by atoms with Crippen LogP contribution in [0.25, 0.3) is 56.2 Å². The first-order valence-electron chi connectivity index (χ1n) is 11.7. The third kappa shape index (κ3) is 3.19. The molecule has 0 unspecified atom stereocenters. The van der Waals surface area contributed by atoms with Crippen molar-refractivity contribution in [3.8, 4) is 22.5 Å². The molecule has 164 valence electrons. The highest BCUT2D eigenvalue weighted by Crippen LogP contribution is 2.36. The van der Waals surface area contributed by atoms with Gasteiger partial charge in [0.25, 0.3) is 0 Å². The Hall–Kier alpha value is -4.30. The van der Waals surface area contributed by atoms with Gasteiger partial charge >= 0.3 is 0 Å². The molecule has 0 amide bonds. The van der Waals surface area contributed by atoms with Gasteiger partial charge in [0.2, 0.25) is 0 Å². The fourth-order valence-corrected chi connectivity index (χ4v) is 5.24. The molecule has 34 heavy (non-hydrogen) atoms. The summed E-state index contributed by atoms with van der Waals surface area (Å²) in [4.78, 5) is 0. The Morgan fingerprint density at radius 1 is 0.412 bits per heavy atom. The van der Waals surface area contributed by atoms with E-state index >= 15 is 0 Å². The van der Waals surface area contributed by atoms with Crippen LogP contribution in [-0.2, 0) is 14.1 Å². The van der Waals surface area contributed by atoms with E-state index in [4.69, 9.17) is 0 Å². The van der Waals surface area contributed by atoms with Crippen molar-refractivity contribution >= 4 is 33.7 Å². The van der Waals surface area contributed by atoms with Crippen LogP contribution >= 0.6 is 0 Å². The molecular formula is C32H26N2. The Bertz CT molecular complexity index is 1520. The quantitative estimate of drug-likeness (QED) is 0.263. The molecule has 4 aromatic carbocycles. The lowest BCUT2D eigenvalue weighted by molar-refractivity contribution is 0.924. The molecule has 2 nitrogen and oxygen atoms in total. The van der Waals surface area contributed by atoms with E-state index in [-0.39, 0.29) is 0 Å². The SMILES string of the molecule is Cn1c(C=Cc2c3ccccc3c(-c3ccccc3)n2C)c2ccccc2c1-c1ccccc1. The second kappa shape index (κ2) is 8.24. The standard InChI is InChI=1S/C32H26N2/c1-33-29(25-17-9-11-19-27(25)31(33)23-13-5-3-6-14-23)21-22-30-26-18-10-12-20-28(26)32(34(30)2)24-15-7-4-8-16-24/h3-22H,1-2H3. The molecule has 0 bridgehead atoms. The van der Waals surface area contributed by atoms with Gasteiger partial charge in [-0.05, 0) is 23.3 Å². The summed E-state index contributed by atoms with van der Waals surface area (Å²) in [7, 11) is 4.33. The van der Waals surface area contributed by atoms with Crippen molar-refractivity contribution in [3.05, 3.63) is 121 Å². The van der Waals surface area contributed by atoms with E-state index in [1.165, 1.54) is 55.4 Å². The van der Waals surface area contributed by atoms with Gasteiger partial charge in [0.1, 0.15) is 0 Å². The maximum Gasteiger partial charge on any atom is 0.0562 e. The highest BCUT2D eigenvalue weighted by molar-refractivity contribution is 6.05. The molecule has 0 saturated carbocycles. The smallest absolute Gasteiger partial charge is 0.0562 e. The summed E-state index contributed by atoms with van der Waals surface area (Å²) < 4.78 is 4.64. The van der Waals surface area contributed by atoms with Gasteiger partial charge in [0.05, 0.1) is 11.4 Å². The molecule has 0 aliphatic heterocycles. The molecule has 0 spiro atoms. The van der Waals surface area contributed by atoms with Crippen molar-refractivity contribution in [1.82, 2.24) is 9.13 Å². The lowest BCUT2D eigenvalue weighted by Gasteiger charge is -2.07. The van der Waals surface area contributed by atoms with Crippen LogP contribution in [0.5, 0.6) is 0 Å². The number of hydrogen-bond donors (Lipinski definition) is 0. The number of benzene rings is 4. The van der Waals surface area contributed by atoms with Gasteiger partial charge in [0.15, 0.2) is 0 Å². The first-order chi connectivity index (χ1) is 16.7. The average molecular weight is 439 g/mol. The molecule has 0 aliphatic carbocycles. The van der Waals surface area contributed by atoms with Gasteiger partial charge in [-0.1, -0.05) is 109 Å². The predicted molar refractivity (Wildman–Crippen MR) is 146 cm³/mol. The van der Waals surface area contributed by atoms with Gasteiger partial charge in [-0.3, -0.25) is 0 Å². The molecule has 6 rings (SSSR count). The Balaban J connectivity index is 1.55. The summed E-state index contributed by atoms with van der Waals surface area (Å²) in [6, 6.07) is 38.7. The summed E-state index contributed by atoms with van der Waals surface area (Å²) in [5.74, 6) is 0. The van der Waals surface area contributed by atoms with Gasteiger partial charge in [-0.2, -0.15) is 0 Å². The van der Waals surface area contributed by atoms with E-state index in [9.17, 15) is 0 Å². The van der Waals surface area contributed by atoms with Crippen LogP contribution in [0.15, 0.2) is 109 Å². The molecule has 0 aliphatic rings. The number of aromatic nitrogens is 2. The zero-order valence-electron chi connectivity index (χ0n) is 19.4. The molecule has 2 heteroatoms. The van der Waals surface area contributed by atoms with Crippen molar-refractivity contribution < 1.29 is 0 Å². The largest absolute Gasteiger partial charge is 0.343 e. The molecule has 2 heterocycles. The van der Waals surface area contributed by atoms with E-state index in [1.54, 1.807) is 0 Å². The average Bonchev–Trinajstić information content (AvgIpc) is 3.33. The molecule has 6 aromatic rings. The number of fused-ring (bicyclic) bond motifs is 2. The summed E-state index contributed by atoms with van der Waals surface area (Å²) in [6.45, 7) is 0. The lowest BCUT2D eigenvalue weighted by Crippen LogP contribution is -1.96. The maximum absolute atomic E-state index is 2.32. The van der Waals surface area contributed by atoms with Crippen molar-refractivity contribution in [1.29, 1.82) is 0 Å². The van der Waals surface area contributed by atoms with Crippen LogP contribution in [0.4, 0.5) is 0 Å². The van der Waals surface area contributed by atoms with Crippen molar-refractivity contribution in [2.24, 2.45) is 14.1 Å². The zero-order valence-corrected chi connectivity index (χ0v) is 19.4. The zero-order chi connectivity index (χ0) is 23.1. The Morgan fingerprint density at radius 2 is 0.735 bits per heavy atom. The highest BCUT2D eigenvalue weighted by atomic mass is 15.0. The Labute approximate surface area is 200 Å². The van der Waals surface area contributed by atoms with Crippen LogP contribution in [0.2, 0.25) is 0 Å². The fourth-order valence-electron chi connectivity index (χ4n) is 5.24. The molecule has 2 aromatic heterocycles. The Morgan fingerprint density at radius 3 is 1.12 bits per heavy atom. The lowest BCUT2D eigenvalue weighted by atomic mass is 10.1.